The van der Waals surface area contributed by atoms with Crippen molar-refractivity contribution in [2.45, 2.75) is 13.8 Å². The number of carbonyl (C=O) groups is 1. The first-order chi connectivity index (χ1) is 8.97. The largest absolute Gasteiger partial charge is 0.508 e. The predicted octanol–water partition coefficient (Wildman–Crippen LogP) is 2.80. The second-order valence-electron chi connectivity index (χ2n) is 4.28. The lowest BCUT2D eigenvalue weighted by atomic mass is 10.1. The van der Waals surface area contributed by atoms with Gasteiger partial charge >= 0.3 is 0 Å². The van der Waals surface area contributed by atoms with E-state index in [0.29, 0.717) is 11.3 Å². The Balaban J connectivity index is 2.24. The molecule has 0 unspecified atom stereocenters. The second-order valence-corrected chi connectivity index (χ2v) is 4.28. The van der Waals surface area contributed by atoms with E-state index in [2.05, 4.69) is 10.3 Å². The number of phenols is 1. The molecule has 0 fully saturated rings. The van der Waals surface area contributed by atoms with Crippen molar-refractivity contribution in [3.8, 4) is 5.75 Å². The lowest BCUT2D eigenvalue weighted by molar-refractivity contribution is 0.102. The van der Waals surface area contributed by atoms with Crippen molar-refractivity contribution >= 4 is 11.6 Å². The van der Waals surface area contributed by atoms with Crippen LogP contribution < -0.4 is 5.32 Å². The first kappa shape index (κ1) is 13.0. The summed E-state index contributed by atoms with van der Waals surface area (Å²) in [7, 11) is 0. The summed E-state index contributed by atoms with van der Waals surface area (Å²) < 4.78 is 12.7. The van der Waals surface area contributed by atoms with Crippen molar-refractivity contribution in [2.24, 2.45) is 0 Å². The number of anilines is 1. The average molecular weight is 260 g/mol. The normalized spacial score (nSPS) is 10.3. The number of hydrogen-bond acceptors (Lipinski definition) is 3. The number of nitrogens with one attached hydrogen (secondary N) is 1. The van der Waals surface area contributed by atoms with Crippen molar-refractivity contribution in [1.82, 2.24) is 4.98 Å². The summed E-state index contributed by atoms with van der Waals surface area (Å²) in [5.41, 5.74) is 2.28. The highest BCUT2D eigenvalue weighted by Crippen LogP contribution is 2.25. The molecule has 1 aromatic carbocycles. The molecule has 1 heterocycles. The predicted molar refractivity (Wildman–Crippen MR) is 69.7 cm³/mol. The number of aromatic nitrogens is 1. The third-order valence-corrected chi connectivity index (χ3v) is 2.78. The maximum atomic E-state index is 12.7. The summed E-state index contributed by atoms with van der Waals surface area (Å²) in [6, 6.07) is 5.75. The number of benzene rings is 1. The molecule has 2 N–H and O–H groups in total. The number of aryl methyl sites for hydroxylation is 2. The van der Waals surface area contributed by atoms with Crippen molar-refractivity contribution in [3.63, 3.8) is 0 Å². The molecule has 1 amide bonds. The molecule has 0 saturated carbocycles. The zero-order valence-corrected chi connectivity index (χ0v) is 10.6. The van der Waals surface area contributed by atoms with Crippen LogP contribution in [0.15, 0.2) is 30.5 Å². The minimum absolute atomic E-state index is 0.180. The molecule has 0 bridgehead atoms. The van der Waals surface area contributed by atoms with E-state index in [-0.39, 0.29) is 17.2 Å². The Bertz CT molecular complexity index is 624. The molecule has 1 aromatic heterocycles. The van der Waals surface area contributed by atoms with Gasteiger partial charge in [-0.3, -0.25) is 4.79 Å². The maximum Gasteiger partial charge on any atom is 0.257 e. The third kappa shape index (κ3) is 2.88. The highest BCUT2D eigenvalue weighted by Gasteiger charge is 2.10. The van der Waals surface area contributed by atoms with Crippen LogP contribution in [0.1, 0.15) is 21.5 Å². The average Bonchev–Trinajstić information content (AvgIpc) is 2.36. The lowest BCUT2D eigenvalue weighted by Crippen LogP contribution is -2.13. The Hall–Kier alpha value is -2.43. The zero-order valence-electron chi connectivity index (χ0n) is 10.6. The number of rotatable bonds is 2. The molecule has 0 aliphatic heterocycles. The molecular weight excluding hydrogens is 247 g/mol. The van der Waals surface area contributed by atoms with E-state index in [1.54, 1.807) is 26.0 Å². The van der Waals surface area contributed by atoms with Crippen molar-refractivity contribution < 1.29 is 14.3 Å². The van der Waals surface area contributed by atoms with Crippen molar-refractivity contribution in [2.75, 3.05) is 5.32 Å². The van der Waals surface area contributed by atoms with E-state index in [9.17, 15) is 14.3 Å². The molecule has 4 nitrogen and oxygen atoms in total. The van der Waals surface area contributed by atoms with Crippen LogP contribution in [0.3, 0.4) is 0 Å². The first-order valence-corrected chi connectivity index (χ1v) is 5.70. The fraction of sp³-hybridized carbons (Fsp3) is 0.143. The monoisotopic (exact) mass is 260 g/mol. The van der Waals surface area contributed by atoms with Gasteiger partial charge in [0.25, 0.3) is 5.91 Å². The van der Waals surface area contributed by atoms with Gasteiger partial charge in [0.05, 0.1) is 5.56 Å². The van der Waals surface area contributed by atoms with Gasteiger partial charge in [0.2, 0.25) is 5.95 Å². The lowest BCUT2D eigenvalue weighted by Gasteiger charge is -2.10. The molecule has 2 rings (SSSR count). The number of amides is 1. The van der Waals surface area contributed by atoms with Crippen LogP contribution >= 0.6 is 0 Å². The molecule has 0 saturated heterocycles. The Labute approximate surface area is 109 Å². The molecule has 19 heavy (non-hydrogen) atoms. The van der Waals surface area contributed by atoms with E-state index in [4.69, 9.17) is 0 Å². The summed E-state index contributed by atoms with van der Waals surface area (Å²) in [6.45, 7) is 3.52. The van der Waals surface area contributed by atoms with Gasteiger partial charge in [-0.15, -0.1) is 0 Å². The number of carbonyl (C=O) groups excluding carboxylic acids is 1. The molecule has 0 aliphatic rings. The van der Waals surface area contributed by atoms with Gasteiger partial charge < -0.3 is 10.4 Å². The Morgan fingerprint density at radius 3 is 2.63 bits per heavy atom. The van der Waals surface area contributed by atoms with Crippen LogP contribution in [0, 0.1) is 19.8 Å². The summed E-state index contributed by atoms with van der Waals surface area (Å²) in [5, 5.41) is 12.2. The minimum atomic E-state index is -0.631. The number of hydrogen-bond donors (Lipinski definition) is 2. The van der Waals surface area contributed by atoms with Gasteiger partial charge in [0.15, 0.2) is 0 Å². The smallest absolute Gasteiger partial charge is 0.257 e. The molecule has 98 valence electrons. The summed E-state index contributed by atoms with van der Waals surface area (Å²) in [4.78, 5) is 15.4. The second kappa shape index (κ2) is 5.06. The SMILES string of the molecule is Cc1cc(NC(=O)c2ccc(F)nc2)c(C)cc1O. The molecule has 2 aromatic rings. The Morgan fingerprint density at radius 2 is 2.00 bits per heavy atom. The van der Waals surface area contributed by atoms with Crippen LogP contribution in [0.25, 0.3) is 0 Å². The standard InChI is InChI=1S/C14H13FN2O2/c1-8-6-12(18)9(2)5-11(8)17-14(19)10-3-4-13(15)16-7-10/h3-7,18H,1-2H3,(H,17,19). The van der Waals surface area contributed by atoms with Gasteiger partial charge in [-0.05, 0) is 49.2 Å². The summed E-state index contributed by atoms with van der Waals surface area (Å²) in [6.07, 6.45) is 1.17. The van der Waals surface area contributed by atoms with Crippen LogP contribution in [0.5, 0.6) is 5.75 Å². The first-order valence-electron chi connectivity index (χ1n) is 5.70. The van der Waals surface area contributed by atoms with E-state index in [0.717, 1.165) is 11.6 Å². The van der Waals surface area contributed by atoms with E-state index in [1.807, 2.05) is 0 Å². The molecule has 0 radical (unpaired) electrons. The maximum absolute atomic E-state index is 12.7. The fourth-order valence-electron chi connectivity index (χ4n) is 1.64. The topological polar surface area (TPSA) is 62.2 Å². The van der Waals surface area contributed by atoms with E-state index < -0.39 is 5.95 Å². The van der Waals surface area contributed by atoms with Gasteiger partial charge in [-0.25, -0.2) is 4.98 Å². The van der Waals surface area contributed by atoms with Crippen LogP contribution in [-0.4, -0.2) is 16.0 Å². The number of phenolic OH excluding ortho intramolecular Hbond substituents is 1. The highest BCUT2D eigenvalue weighted by molar-refractivity contribution is 6.04. The summed E-state index contributed by atoms with van der Waals surface area (Å²) in [5.74, 6) is -0.826. The van der Waals surface area contributed by atoms with Gasteiger partial charge in [-0.2, -0.15) is 4.39 Å². The fourth-order valence-corrected chi connectivity index (χ4v) is 1.64. The van der Waals surface area contributed by atoms with Crippen LogP contribution in [0.4, 0.5) is 10.1 Å². The molecule has 0 atom stereocenters. The van der Waals surface area contributed by atoms with E-state index >= 15 is 0 Å². The molecular formula is C14H13FN2O2. The van der Waals surface area contributed by atoms with Crippen LogP contribution in [0.2, 0.25) is 0 Å². The highest BCUT2D eigenvalue weighted by atomic mass is 19.1. The van der Waals surface area contributed by atoms with Gasteiger partial charge in [-0.1, -0.05) is 0 Å². The summed E-state index contributed by atoms with van der Waals surface area (Å²) >= 11 is 0. The Morgan fingerprint density at radius 1 is 1.26 bits per heavy atom. The molecule has 0 spiro atoms. The number of halogens is 1. The number of nitrogens with zero attached hydrogens (tertiary/aromatic N) is 1. The van der Waals surface area contributed by atoms with E-state index in [1.165, 1.54) is 12.3 Å². The number of aromatic hydroxyl groups is 1. The van der Waals surface area contributed by atoms with Gasteiger partial charge in [0.1, 0.15) is 5.75 Å². The molecule has 0 aliphatic carbocycles. The zero-order chi connectivity index (χ0) is 14.0. The minimum Gasteiger partial charge on any atom is -0.508 e. The van der Waals surface area contributed by atoms with Crippen LogP contribution in [-0.2, 0) is 0 Å². The quantitative estimate of drug-likeness (QED) is 0.644. The molecule has 5 heteroatoms. The number of pyridine rings is 1. The Kier molecular flexibility index (Phi) is 3.46. The van der Waals surface area contributed by atoms with Crippen molar-refractivity contribution in [1.29, 1.82) is 0 Å². The van der Waals surface area contributed by atoms with Crippen molar-refractivity contribution in [3.05, 3.63) is 53.1 Å². The van der Waals surface area contributed by atoms with Gasteiger partial charge in [0, 0.05) is 11.9 Å². The third-order valence-electron chi connectivity index (χ3n) is 2.78.